The van der Waals surface area contributed by atoms with Gasteiger partial charge < -0.3 is 11.5 Å². The molecule has 3 unspecified atom stereocenters. The molecule has 0 radical (unpaired) electrons. The average molecular weight is 645 g/mol. The molecule has 0 saturated heterocycles. The fraction of sp³-hybridized carbons (Fsp3) is 0.478. The Bertz CT molecular complexity index is 1400. The molecule has 2 heteroatoms. The minimum absolute atomic E-state index is 0.419. The predicted molar refractivity (Wildman–Crippen MR) is 211 cm³/mol. The first-order valence-electron chi connectivity index (χ1n) is 19.4. The molecule has 2 nitrogen and oxygen atoms in total. The van der Waals surface area contributed by atoms with E-state index in [0.29, 0.717) is 17.8 Å². The van der Waals surface area contributed by atoms with Crippen molar-refractivity contribution in [2.45, 2.75) is 141 Å². The van der Waals surface area contributed by atoms with Gasteiger partial charge in [-0.25, -0.2) is 0 Å². The smallest absolute Gasteiger partial charge is 0.0314 e. The zero-order valence-electron chi connectivity index (χ0n) is 30.4. The number of hydrogen-bond donors (Lipinski definition) is 2. The first-order valence-corrected chi connectivity index (χ1v) is 19.4. The van der Waals surface area contributed by atoms with Crippen LogP contribution in [0.2, 0.25) is 0 Å². The summed E-state index contributed by atoms with van der Waals surface area (Å²) in [7, 11) is 0. The lowest BCUT2D eigenvalue weighted by molar-refractivity contribution is 0.536. The van der Waals surface area contributed by atoms with Gasteiger partial charge in [0.25, 0.3) is 0 Å². The lowest BCUT2D eigenvalue weighted by atomic mass is 9.83. The summed E-state index contributed by atoms with van der Waals surface area (Å²) in [5.41, 5.74) is 22.3. The van der Waals surface area contributed by atoms with Gasteiger partial charge in [0.15, 0.2) is 0 Å². The van der Waals surface area contributed by atoms with E-state index in [-0.39, 0.29) is 0 Å². The van der Waals surface area contributed by atoms with Gasteiger partial charge in [-0.05, 0) is 89.2 Å². The van der Waals surface area contributed by atoms with Crippen LogP contribution in [0.5, 0.6) is 0 Å². The van der Waals surface area contributed by atoms with Crippen molar-refractivity contribution in [2.75, 3.05) is 11.5 Å². The van der Waals surface area contributed by atoms with Crippen molar-refractivity contribution in [2.24, 2.45) is 0 Å². The molecule has 0 aliphatic heterocycles. The molecule has 258 valence electrons. The summed E-state index contributed by atoms with van der Waals surface area (Å²) < 4.78 is 0. The van der Waals surface area contributed by atoms with Crippen molar-refractivity contribution < 1.29 is 0 Å². The maximum atomic E-state index is 6.05. The topological polar surface area (TPSA) is 52.0 Å². The van der Waals surface area contributed by atoms with E-state index in [0.717, 1.165) is 17.8 Å². The second-order valence-electron chi connectivity index (χ2n) is 14.3. The molecule has 0 fully saturated rings. The Morgan fingerprint density at radius 1 is 0.375 bits per heavy atom. The van der Waals surface area contributed by atoms with Gasteiger partial charge in [-0.3, -0.25) is 0 Å². The van der Waals surface area contributed by atoms with Gasteiger partial charge in [0.05, 0.1) is 0 Å². The van der Waals surface area contributed by atoms with Crippen LogP contribution in [0.25, 0.3) is 0 Å². The summed E-state index contributed by atoms with van der Waals surface area (Å²) in [6, 6.07) is 36.5. The quantitative estimate of drug-likeness (QED) is 0.0660. The molecule has 48 heavy (non-hydrogen) atoms. The van der Waals surface area contributed by atoms with Crippen LogP contribution in [0, 0.1) is 0 Å². The van der Waals surface area contributed by atoms with Crippen molar-refractivity contribution in [1.82, 2.24) is 0 Å². The maximum absolute atomic E-state index is 6.05. The summed E-state index contributed by atoms with van der Waals surface area (Å²) in [5.74, 6) is 1.37. The molecule has 0 spiro atoms. The first kappa shape index (κ1) is 37.3. The number of benzene rings is 4. The highest BCUT2D eigenvalue weighted by Crippen LogP contribution is 2.35. The Labute approximate surface area is 293 Å². The van der Waals surface area contributed by atoms with Crippen LogP contribution in [0.1, 0.15) is 168 Å². The molecule has 0 aliphatic carbocycles. The number of anilines is 2. The fourth-order valence-electron chi connectivity index (χ4n) is 7.43. The standard InChI is InChI=1S/C46H64N2/c1-4-7-10-11-12-15-16-42(37-23-25-39(26-24-37)46(18-14-9-6-3)41-29-33-44(48)34-30-41)35-36-19-21-38(22-20-36)45(17-13-8-5-2)40-27-31-43(47)32-28-40/h19-34,42,45-46H,4-18,35,47-48H2,1-3H3. The minimum Gasteiger partial charge on any atom is -0.399 e. The molecule has 0 saturated carbocycles. The van der Waals surface area contributed by atoms with Crippen LogP contribution in [0.4, 0.5) is 11.4 Å². The van der Waals surface area contributed by atoms with Crippen molar-refractivity contribution in [3.63, 3.8) is 0 Å². The zero-order chi connectivity index (χ0) is 34.0. The molecule has 0 amide bonds. The number of rotatable bonds is 22. The first-order chi connectivity index (χ1) is 23.5. The summed E-state index contributed by atoms with van der Waals surface area (Å²) in [5, 5.41) is 0. The van der Waals surface area contributed by atoms with Gasteiger partial charge in [0.2, 0.25) is 0 Å². The van der Waals surface area contributed by atoms with Crippen molar-refractivity contribution >= 4 is 11.4 Å². The van der Waals surface area contributed by atoms with E-state index in [1.807, 2.05) is 0 Å². The van der Waals surface area contributed by atoms with Gasteiger partial charge in [0.1, 0.15) is 0 Å². The molecule has 0 heterocycles. The second-order valence-corrected chi connectivity index (χ2v) is 14.3. The highest BCUT2D eigenvalue weighted by Gasteiger charge is 2.18. The third-order valence-corrected chi connectivity index (χ3v) is 10.5. The van der Waals surface area contributed by atoms with Crippen molar-refractivity contribution in [3.05, 3.63) is 130 Å². The Morgan fingerprint density at radius 2 is 0.708 bits per heavy atom. The van der Waals surface area contributed by atoms with Crippen LogP contribution in [0.3, 0.4) is 0 Å². The van der Waals surface area contributed by atoms with Gasteiger partial charge in [-0.2, -0.15) is 0 Å². The Balaban J connectivity index is 1.53. The average Bonchev–Trinajstić information content (AvgIpc) is 3.11. The molecule has 4 aromatic rings. The van der Waals surface area contributed by atoms with E-state index in [9.17, 15) is 0 Å². The number of nitrogen functional groups attached to an aromatic ring is 2. The van der Waals surface area contributed by atoms with Crippen molar-refractivity contribution in [1.29, 1.82) is 0 Å². The highest BCUT2D eigenvalue weighted by atomic mass is 14.5. The molecule has 0 aromatic heterocycles. The van der Waals surface area contributed by atoms with Crippen LogP contribution in [0.15, 0.2) is 97.1 Å². The van der Waals surface area contributed by atoms with Gasteiger partial charge in [-0.15, -0.1) is 0 Å². The Kier molecular flexibility index (Phi) is 16.1. The largest absolute Gasteiger partial charge is 0.399 e. The monoisotopic (exact) mass is 645 g/mol. The van der Waals surface area contributed by atoms with Crippen molar-refractivity contribution in [3.8, 4) is 0 Å². The molecule has 0 aliphatic rings. The van der Waals surface area contributed by atoms with E-state index >= 15 is 0 Å². The molecular formula is C46H64N2. The van der Waals surface area contributed by atoms with E-state index in [2.05, 4.69) is 118 Å². The molecule has 4 N–H and O–H groups in total. The lowest BCUT2D eigenvalue weighted by Gasteiger charge is -2.22. The number of hydrogen-bond acceptors (Lipinski definition) is 2. The molecule has 4 aromatic carbocycles. The number of unbranched alkanes of at least 4 members (excludes halogenated alkanes) is 9. The minimum atomic E-state index is 0.419. The molecule has 4 rings (SSSR count). The molecule has 3 atom stereocenters. The summed E-state index contributed by atoms with van der Waals surface area (Å²) in [6.45, 7) is 6.88. The number of nitrogens with two attached hydrogens (primary N) is 2. The lowest BCUT2D eigenvalue weighted by Crippen LogP contribution is -2.06. The normalized spacial score (nSPS) is 13.3. The van der Waals surface area contributed by atoms with E-state index < -0.39 is 0 Å². The van der Waals surface area contributed by atoms with Gasteiger partial charge in [-0.1, -0.05) is 171 Å². The van der Waals surface area contributed by atoms with Crippen LogP contribution >= 0.6 is 0 Å². The fourth-order valence-corrected chi connectivity index (χ4v) is 7.43. The van der Waals surface area contributed by atoms with Crippen LogP contribution < -0.4 is 11.5 Å². The zero-order valence-corrected chi connectivity index (χ0v) is 30.4. The molecular weight excluding hydrogens is 581 g/mol. The van der Waals surface area contributed by atoms with E-state index in [1.54, 1.807) is 0 Å². The van der Waals surface area contributed by atoms with Gasteiger partial charge in [0, 0.05) is 23.2 Å². The predicted octanol–water partition coefficient (Wildman–Crippen LogP) is 13.4. The molecule has 0 bridgehead atoms. The van der Waals surface area contributed by atoms with E-state index in [4.69, 9.17) is 11.5 Å². The SMILES string of the molecule is CCCCCCCCC(Cc1ccc(C(CCCCC)c2ccc(N)cc2)cc1)c1ccc(C(CCCCC)c2ccc(N)cc2)cc1. The summed E-state index contributed by atoms with van der Waals surface area (Å²) >= 11 is 0. The van der Waals surface area contributed by atoms with Crippen LogP contribution in [-0.4, -0.2) is 0 Å². The van der Waals surface area contributed by atoms with Crippen LogP contribution in [-0.2, 0) is 6.42 Å². The summed E-state index contributed by atoms with van der Waals surface area (Å²) in [4.78, 5) is 0. The highest BCUT2D eigenvalue weighted by molar-refractivity contribution is 5.44. The van der Waals surface area contributed by atoms with Gasteiger partial charge >= 0.3 is 0 Å². The maximum Gasteiger partial charge on any atom is 0.0314 e. The third-order valence-electron chi connectivity index (χ3n) is 10.5. The third kappa shape index (κ3) is 11.9. The van der Waals surface area contributed by atoms with E-state index in [1.165, 1.54) is 130 Å². The Morgan fingerprint density at radius 3 is 1.17 bits per heavy atom. The summed E-state index contributed by atoms with van der Waals surface area (Å²) in [6.07, 6.45) is 20.3. The second kappa shape index (κ2) is 20.8. The Hall–Kier alpha value is -3.52.